The molecule has 0 spiro atoms. The van der Waals surface area contributed by atoms with Gasteiger partial charge in [-0.2, -0.15) is 0 Å². The molecule has 0 aromatic carbocycles. The van der Waals surface area contributed by atoms with Gasteiger partial charge in [0, 0.05) is 37.2 Å². The molecule has 1 fully saturated rings. The van der Waals surface area contributed by atoms with Gasteiger partial charge < -0.3 is 9.64 Å². The highest BCUT2D eigenvalue weighted by atomic mass is 16.5. The lowest BCUT2D eigenvalue weighted by atomic mass is 10.2. The molecular weight excluding hydrogens is 276 g/mol. The molecule has 1 aliphatic carbocycles. The topological polar surface area (TPSA) is 51.1 Å². The smallest absolute Gasteiger partial charge is 0.180 e. The Bertz CT molecular complexity index is 651. The first-order chi connectivity index (χ1) is 10.9. The van der Waals surface area contributed by atoms with E-state index in [1.54, 1.807) is 6.20 Å². The number of aryl methyl sites for hydroxylation is 1. The van der Waals surface area contributed by atoms with Gasteiger partial charge >= 0.3 is 0 Å². The monoisotopic (exact) mass is 296 g/mol. The lowest BCUT2D eigenvalue weighted by Crippen LogP contribution is -2.28. The van der Waals surface area contributed by atoms with Crippen molar-refractivity contribution >= 4 is 5.82 Å². The van der Waals surface area contributed by atoms with E-state index in [-0.39, 0.29) is 0 Å². The Morgan fingerprint density at radius 3 is 2.91 bits per heavy atom. The maximum Gasteiger partial charge on any atom is 0.180 e. The van der Waals surface area contributed by atoms with E-state index in [2.05, 4.69) is 9.88 Å². The maximum atomic E-state index is 5.58. The third kappa shape index (κ3) is 2.57. The van der Waals surface area contributed by atoms with Crippen molar-refractivity contribution < 1.29 is 4.74 Å². The number of ether oxygens (including phenoxy) is 1. The molecule has 0 saturated carbocycles. The van der Waals surface area contributed by atoms with Crippen molar-refractivity contribution in [3.05, 3.63) is 35.7 Å². The lowest BCUT2D eigenvalue weighted by Gasteiger charge is -2.23. The molecule has 0 radical (unpaired) electrons. The first-order valence-electron chi connectivity index (χ1n) is 8.06. The van der Waals surface area contributed by atoms with Crippen LogP contribution < -0.4 is 4.90 Å². The fraction of sp³-hybridized carbons (Fsp3) is 0.471. The standard InChI is InChI=1S/C17H20N4O/c1-2-8-18-15(6-1)16-19-14-7-3-5-13(14)17(20-16)21-9-4-11-22-12-10-21/h1-2,6,8H,3-5,7,9-12H2. The van der Waals surface area contributed by atoms with Crippen LogP contribution >= 0.6 is 0 Å². The summed E-state index contributed by atoms with van der Waals surface area (Å²) in [6, 6.07) is 5.88. The van der Waals surface area contributed by atoms with Gasteiger partial charge in [-0.3, -0.25) is 4.98 Å². The normalized spacial score (nSPS) is 18.1. The summed E-state index contributed by atoms with van der Waals surface area (Å²) in [5.41, 5.74) is 3.39. The molecule has 4 rings (SSSR count). The van der Waals surface area contributed by atoms with Crippen LogP contribution in [0.4, 0.5) is 5.82 Å². The van der Waals surface area contributed by atoms with Crippen molar-refractivity contribution in [3.63, 3.8) is 0 Å². The molecule has 0 N–H and O–H groups in total. The van der Waals surface area contributed by atoms with Gasteiger partial charge in [-0.1, -0.05) is 6.07 Å². The summed E-state index contributed by atoms with van der Waals surface area (Å²) in [4.78, 5) is 16.4. The highest BCUT2D eigenvalue weighted by Crippen LogP contribution is 2.31. The van der Waals surface area contributed by atoms with Gasteiger partial charge in [0.05, 0.1) is 6.61 Å². The van der Waals surface area contributed by atoms with Gasteiger partial charge in [0.25, 0.3) is 0 Å². The SMILES string of the molecule is c1ccc(-c2nc3c(c(N4CCCOCC4)n2)CCC3)nc1. The fourth-order valence-corrected chi connectivity index (χ4v) is 3.24. The quantitative estimate of drug-likeness (QED) is 0.851. The number of fused-ring (bicyclic) bond motifs is 1. The molecule has 0 amide bonds. The molecule has 0 bridgehead atoms. The van der Waals surface area contributed by atoms with Gasteiger partial charge in [0.2, 0.25) is 0 Å². The van der Waals surface area contributed by atoms with E-state index in [1.807, 2.05) is 18.2 Å². The molecule has 22 heavy (non-hydrogen) atoms. The van der Waals surface area contributed by atoms with Crippen molar-refractivity contribution in [2.75, 3.05) is 31.2 Å². The molecule has 3 heterocycles. The average molecular weight is 296 g/mol. The van der Waals surface area contributed by atoms with Crippen LogP contribution in [0.25, 0.3) is 11.5 Å². The van der Waals surface area contributed by atoms with Gasteiger partial charge in [0.15, 0.2) is 5.82 Å². The van der Waals surface area contributed by atoms with Crippen LogP contribution in [0.5, 0.6) is 0 Å². The van der Waals surface area contributed by atoms with Crippen LogP contribution in [-0.2, 0) is 17.6 Å². The molecule has 1 aliphatic heterocycles. The number of aromatic nitrogens is 3. The number of anilines is 1. The van der Waals surface area contributed by atoms with Gasteiger partial charge in [-0.25, -0.2) is 9.97 Å². The molecule has 2 aromatic heterocycles. The number of rotatable bonds is 2. The zero-order chi connectivity index (χ0) is 14.8. The van der Waals surface area contributed by atoms with Gasteiger partial charge in [-0.05, 0) is 37.8 Å². The Hall–Kier alpha value is -2.01. The minimum Gasteiger partial charge on any atom is -0.380 e. The second-order valence-electron chi connectivity index (χ2n) is 5.82. The molecule has 0 unspecified atom stereocenters. The first kappa shape index (κ1) is 13.6. The summed E-state index contributed by atoms with van der Waals surface area (Å²) in [6.45, 7) is 3.53. The molecule has 1 saturated heterocycles. The van der Waals surface area contributed by atoms with Crippen molar-refractivity contribution in [2.24, 2.45) is 0 Å². The zero-order valence-electron chi connectivity index (χ0n) is 12.7. The Morgan fingerprint density at radius 2 is 2.00 bits per heavy atom. The molecular formula is C17H20N4O. The minimum absolute atomic E-state index is 0.751. The molecule has 5 nitrogen and oxygen atoms in total. The van der Waals surface area contributed by atoms with Crippen molar-refractivity contribution in [1.29, 1.82) is 0 Å². The second kappa shape index (κ2) is 6.01. The van der Waals surface area contributed by atoms with Crippen LogP contribution in [0.3, 0.4) is 0 Å². The zero-order valence-corrected chi connectivity index (χ0v) is 12.7. The maximum absolute atomic E-state index is 5.58. The predicted octanol–water partition coefficient (Wildman–Crippen LogP) is 2.25. The van der Waals surface area contributed by atoms with E-state index in [1.165, 1.54) is 17.7 Å². The van der Waals surface area contributed by atoms with Crippen molar-refractivity contribution in [3.8, 4) is 11.5 Å². The minimum atomic E-state index is 0.751. The molecule has 2 aliphatic rings. The number of hydrogen-bond acceptors (Lipinski definition) is 5. The van der Waals surface area contributed by atoms with Gasteiger partial charge in [0.1, 0.15) is 11.5 Å². The Kier molecular flexibility index (Phi) is 3.72. The third-order valence-electron chi connectivity index (χ3n) is 4.33. The van der Waals surface area contributed by atoms with Crippen molar-refractivity contribution in [2.45, 2.75) is 25.7 Å². The van der Waals surface area contributed by atoms with E-state index in [0.717, 1.165) is 62.9 Å². The Labute approximate surface area is 130 Å². The largest absolute Gasteiger partial charge is 0.380 e. The fourth-order valence-electron chi connectivity index (χ4n) is 3.24. The van der Waals surface area contributed by atoms with Gasteiger partial charge in [-0.15, -0.1) is 0 Å². The van der Waals surface area contributed by atoms with E-state index >= 15 is 0 Å². The van der Waals surface area contributed by atoms with E-state index in [9.17, 15) is 0 Å². The van der Waals surface area contributed by atoms with Crippen LogP contribution in [0.15, 0.2) is 24.4 Å². The molecule has 114 valence electrons. The number of pyridine rings is 1. The first-order valence-corrected chi connectivity index (χ1v) is 8.06. The number of nitrogens with zero attached hydrogens (tertiary/aromatic N) is 4. The predicted molar refractivity (Wildman–Crippen MR) is 84.9 cm³/mol. The summed E-state index contributed by atoms with van der Waals surface area (Å²) in [7, 11) is 0. The number of hydrogen-bond donors (Lipinski definition) is 0. The summed E-state index contributed by atoms with van der Waals surface area (Å²) in [6.07, 6.45) is 6.16. The molecule has 5 heteroatoms. The lowest BCUT2D eigenvalue weighted by molar-refractivity contribution is 0.152. The van der Waals surface area contributed by atoms with E-state index < -0.39 is 0 Å². The molecule has 0 atom stereocenters. The Balaban J connectivity index is 1.78. The summed E-state index contributed by atoms with van der Waals surface area (Å²) < 4.78 is 5.58. The summed E-state index contributed by atoms with van der Waals surface area (Å²) in [5.74, 6) is 1.86. The van der Waals surface area contributed by atoms with Crippen LogP contribution in [0, 0.1) is 0 Å². The summed E-state index contributed by atoms with van der Waals surface area (Å²) >= 11 is 0. The van der Waals surface area contributed by atoms with Crippen LogP contribution in [0.2, 0.25) is 0 Å². The second-order valence-corrected chi connectivity index (χ2v) is 5.82. The third-order valence-corrected chi connectivity index (χ3v) is 4.33. The highest BCUT2D eigenvalue weighted by molar-refractivity contribution is 5.59. The van der Waals surface area contributed by atoms with Crippen LogP contribution in [-0.4, -0.2) is 41.3 Å². The van der Waals surface area contributed by atoms with E-state index in [0.29, 0.717) is 0 Å². The van der Waals surface area contributed by atoms with Crippen molar-refractivity contribution in [1.82, 2.24) is 15.0 Å². The highest BCUT2D eigenvalue weighted by Gasteiger charge is 2.24. The average Bonchev–Trinajstić information content (AvgIpc) is 2.88. The van der Waals surface area contributed by atoms with E-state index in [4.69, 9.17) is 14.7 Å². The molecule has 2 aromatic rings. The van der Waals surface area contributed by atoms with Crippen LogP contribution in [0.1, 0.15) is 24.1 Å². The summed E-state index contributed by atoms with van der Waals surface area (Å²) in [5, 5.41) is 0. The Morgan fingerprint density at radius 1 is 1.00 bits per heavy atom.